The standard InChI is InChI=1S/C16H23N3O/c1-11(2)13-8-7-12(3)10-15(13)18-19-16(20)14-6-4-5-9-17-14/h4-6,9,11-13H,7-8,10H2,1-3H3,(H,19,20)/b18-15-/t12-,13-/m0/s1. The minimum absolute atomic E-state index is 0.237. The van der Waals surface area contributed by atoms with Gasteiger partial charge >= 0.3 is 0 Å². The number of hydrazone groups is 1. The normalized spacial score (nSPS) is 24.9. The molecule has 20 heavy (non-hydrogen) atoms. The number of carbonyl (C=O) groups excluding carboxylic acids is 1. The van der Waals surface area contributed by atoms with E-state index in [1.165, 1.54) is 6.42 Å². The van der Waals surface area contributed by atoms with Crippen molar-refractivity contribution in [3.05, 3.63) is 30.1 Å². The van der Waals surface area contributed by atoms with Crippen molar-refractivity contribution in [2.75, 3.05) is 0 Å². The highest BCUT2D eigenvalue weighted by Gasteiger charge is 2.27. The zero-order chi connectivity index (χ0) is 14.5. The van der Waals surface area contributed by atoms with Gasteiger partial charge in [-0.2, -0.15) is 5.10 Å². The molecule has 1 aliphatic carbocycles. The topological polar surface area (TPSA) is 54.4 Å². The van der Waals surface area contributed by atoms with Crippen LogP contribution in [-0.2, 0) is 0 Å². The van der Waals surface area contributed by atoms with E-state index in [9.17, 15) is 4.79 Å². The van der Waals surface area contributed by atoms with E-state index in [-0.39, 0.29) is 5.91 Å². The zero-order valence-electron chi connectivity index (χ0n) is 12.5. The number of pyridine rings is 1. The molecule has 108 valence electrons. The Kier molecular flexibility index (Phi) is 4.88. The van der Waals surface area contributed by atoms with Gasteiger partial charge in [-0.25, -0.2) is 5.43 Å². The van der Waals surface area contributed by atoms with Gasteiger partial charge in [-0.1, -0.05) is 26.8 Å². The van der Waals surface area contributed by atoms with Crippen LogP contribution in [-0.4, -0.2) is 16.6 Å². The highest BCUT2D eigenvalue weighted by atomic mass is 16.2. The fourth-order valence-electron chi connectivity index (χ4n) is 2.76. The molecule has 1 aliphatic rings. The second kappa shape index (κ2) is 6.64. The predicted octanol–water partition coefficient (Wildman–Crippen LogP) is 3.26. The van der Waals surface area contributed by atoms with E-state index in [1.54, 1.807) is 24.4 Å². The first-order valence-electron chi connectivity index (χ1n) is 7.35. The third kappa shape index (κ3) is 3.65. The second-order valence-corrected chi connectivity index (χ2v) is 6.00. The van der Waals surface area contributed by atoms with Crippen LogP contribution in [0, 0.1) is 17.8 Å². The number of carbonyl (C=O) groups is 1. The molecule has 2 rings (SSSR count). The number of hydrogen-bond donors (Lipinski definition) is 1. The Labute approximate surface area is 120 Å². The summed E-state index contributed by atoms with van der Waals surface area (Å²) in [7, 11) is 0. The number of nitrogens with zero attached hydrogens (tertiary/aromatic N) is 2. The zero-order valence-corrected chi connectivity index (χ0v) is 12.5. The minimum atomic E-state index is -0.237. The highest BCUT2D eigenvalue weighted by molar-refractivity contribution is 5.94. The van der Waals surface area contributed by atoms with Crippen molar-refractivity contribution in [2.45, 2.75) is 40.0 Å². The molecule has 0 saturated heterocycles. The van der Waals surface area contributed by atoms with Gasteiger partial charge in [0.15, 0.2) is 0 Å². The molecule has 0 aliphatic heterocycles. The molecule has 0 radical (unpaired) electrons. The monoisotopic (exact) mass is 273 g/mol. The molecular weight excluding hydrogens is 250 g/mol. The molecule has 4 nitrogen and oxygen atoms in total. The Hall–Kier alpha value is -1.71. The van der Waals surface area contributed by atoms with Crippen molar-refractivity contribution < 1.29 is 4.79 Å². The number of hydrogen-bond acceptors (Lipinski definition) is 3. The van der Waals surface area contributed by atoms with Gasteiger partial charge in [-0.3, -0.25) is 9.78 Å². The van der Waals surface area contributed by atoms with Crippen molar-refractivity contribution in [2.24, 2.45) is 22.9 Å². The lowest BCUT2D eigenvalue weighted by atomic mass is 9.76. The minimum Gasteiger partial charge on any atom is -0.266 e. The molecule has 0 spiro atoms. The van der Waals surface area contributed by atoms with Gasteiger partial charge in [-0.15, -0.1) is 0 Å². The molecule has 1 aromatic heterocycles. The van der Waals surface area contributed by atoms with Crippen LogP contribution in [0.4, 0.5) is 0 Å². The molecule has 1 saturated carbocycles. The lowest BCUT2D eigenvalue weighted by Crippen LogP contribution is -2.31. The summed E-state index contributed by atoms with van der Waals surface area (Å²) in [6.07, 6.45) is 5.00. The Bertz CT molecular complexity index is 482. The molecule has 0 bridgehead atoms. The summed E-state index contributed by atoms with van der Waals surface area (Å²) in [6.45, 7) is 6.68. The maximum absolute atomic E-state index is 12.0. The first kappa shape index (κ1) is 14.7. The van der Waals surface area contributed by atoms with Gasteiger partial charge in [0.25, 0.3) is 5.91 Å². The van der Waals surface area contributed by atoms with Crippen LogP contribution in [0.3, 0.4) is 0 Å². The molecular formula is C16H23N3O. The molecule has 1 amide bonds. The van der Waals surface area contributed by atoms with Crippen molar-refractivity contribution in [3.63, 3.8) is 0 Å². The molecule has 1 N–H and O–H groups in total. The van der Waals surface area contributed by atoms with Crippen LogP contribution in [0.15, 0.2) is 29.5 Å². The van der Waals surface area contributed by atoms with Crippen molar-refractivity contribution in [3.8, 4) is 0 Å². The number of nitrogens with one attached hydrogen (secondary N) is 1. The summed E-state index contributed by atoms with van der Waals surface area (Å²) in [4.78, 5) is 16.0. The average molecular weight is 273 g/mol. The first-order chi connectivity index (χ1) is 9.58. The second-order valence-electron chi connectivity index (χ2n) is 6.00. The summed E-state index contributed by atoms with van der Waals surface area (Å²) in [5, 5.41) is 4.39. The first-order valence-corrected chi connectivity index (χ1v) is 7.35. The Morgan fingerprint density at radius 2 is 2.20 bits per heavy atom. The summed E-state index contributed by atoms with van der Waals surface area (Å²) in [6, 6.07) is 5.29. The molecule has 1 aromatic rings. The summed E-state index contributed by atoms with van der Waals surface area (Å²) >= 11 is 0. The van der Waals surface area contributed by atoms with Crippen molar-refractivity contribution in [1.29, 1.82) is 0 Å². The van der Waals surface area contributed by atoms with Crippen molar-refractivity contribution >= 4 is 11.6 Å². The van der Waals surface area contributed by atoms with E-state index in [0.717, 1.165) is 18.6 Å². The molecule has 1 fully saturated rings. The third-order valence-electron chi connectivity index (χ3n) is 3.96. The molecule has 2 atom stereocenters. The largest absolute Gasteiger partial charge is 0.289 e. The fraction of sp³-hybridized carbons (Fsp3) is 0.562. The smallest absolute Gasteiger partial charge is 0.266 e. The van der Waals surface area contributed by atoms with Gasteiger partial charge in [-0.05, 0) is 43.2 Å². The average Bonchev–Trinajstić information content (AvgIpc) is 2.45. The number of amides is 1. The van der Waals surface area contributed by atoms with E-state index < -0.39 is 0 Å². The van der Waals surface area contributed by atoms with Gasteiger partial charge in [0.1, 0.15) is 5.69 Å². The quantitative estimate of drug-likeness (QED) is 0.859. The fourth-order valence-corrected chi connectivity index (χ4v) is 2.76. The molecule has 1 heterocycles. The van der Waals surface area contributed by atoms with Crippen LogP contribution in [0.1, 0.15) is 50.5 Å². The Morgan fingerprint density at radius 3 is 2.85 bits per heavy atom. The summed E-state index contributed by atoms with van der Waals surface area (Å²) < 4.78 is 0. The van der Waals surface area contributed by atoms with Crippen LogP contribution in [0.25, 0.3) is 0 Å². The Morgan fingerprint density at radius 1 is 1.40 bits per heavy atom. The number of rotatable bonds is 3. The van der Waals surface area contributed by atoms with Crippen molar-refractivity contribution in [1.82, 2.24) is 10.4 Å². The molecule has 4 heteroatoms. The maximum Gasteiger partial charge on any atom is 0.289 e. The van der Waals surface area contributed by atoms with Crippen LogP contribution in [0.2, 0.25) is 0 Å². The van der Waals surface area contributed by atoms with Crippen LogP contribution in [0.5, 0.6) is 0 Å². The van der Waals surface area contributed by atoms with Crippen LogP contribution < -0.4 is 5.43 Å². The lowest BCUT2D eigenvalue weighted by molar-refractivity contribution is 0.0949. The van der Waals surface area contributed by atoms with E-state index >= 15 is 0 Å². The SMILES string of the molecule is CC(C)[C@@H]1CC[C@H](C)C/C1=N/NC(=O)c1ccccn1. The van der Waals surface area contributed by atoms with E-state index in [4.69, 9.17) is 0 Å². The molecule has 0 aromatic carbocycles. The third-order valence-corrected chi connectivity index (χ3v) is 3.96. The van der Waals surface area contributed by atoms with E-state index in [0.29, 0.717) is 23.4 Å². The van der Waals surface area contributed by atoms with Gasteiger partial charge < -0.3 is 0 Å². The number of aromatic nitrogens is 1. The Balaban J connectivity index is 2.06. The van der Waals surface area contributed by atoms with Gasteiger partial charge in [0.2, 0.25) is 0 Å². The van der Waals surface area contributed by atoms with E-state index in [2.05, 4.69) is 36.3 Å². The van der Waals surface area contributed by atoms with E-state index in [1.807, 2.05) is 0 Å². The van der Waals surface area contributed by atoms with Gasteiger partial charge in [0.05, 0.1) is 0 Å². The highest BCUT2D eigenvalue weighted by Crippen LogP contribution is 2.31. The van der Waals surface area contributed by atoms with Crippen LogP contribution >= 0.6 is 0 Å². The predicted molar refractivity (Wildman–Crippen MR) is 80.5 cm³/mol. The lowest BCUT2D eigenvalue weighted by Gasteiger charge is -2.30. The summed E-state index contributed by atoms with van der Waals surface area (Å²) in [5.74, 6) is 1.46. The maximum atomic E-state index is 12.0. The summed E-state index contributed by atoms with van der Waals surface area (Å²) in [5.41, 5.74) is 4.19. The van der Waals surface area contributed by atoms with Gasteiger partial charge in [0, 0.05) is 17.8 Å². The molecule has 0 unspecified atom stereocenters.